The number of sulfonamides is 2. The lowest BCUT2D eigenvalue weighted by molar-refractivity contribution is -0.133. The van der Waals surface area contributed by atoms with Crippen molar-refractivity contribution in [3.05, 3.63) is 104 Å². The van der Waals surface area contributed by atoms with Crippen LogP contribution in [0.5, 0.6) is 11.5 Å². The normalized spacial score (nSPS) is 19.9. The minimum atomic E-state index is -4.25. The van der Waals surface area contributed by atoms with E-state index in [2.05, 4.69) is 0 Å². The fourth-order valence-electron chi connectivity index (χ4n) is 9.58. The van der Waals surface area contributed by atoms with Crippen molar-refractivity contribution < 1.29 is 45.4 Å². The minimum Gasteiger partial charge on any atom is -0.426 e. The second-order valence-corrected chi connectivity index (χ2v) is 23.8. The molecule has 0 unspecified atom stereocenters. The number of hydrogen-bond donors (Lipinski definition) is 0. The van der Waals surface area contributed by atoms with Gasteiger partial charge in [-0.25, -0.2) is 16.8 Å². The lowest BCUT2D eigenvalue weighted by atomic mass is 9.80. The van der Waals surface area contributed by atoms with Gasteiger partial charge in [0.15, 0.2) is 12.5 Å². The molecular formula is C52H68N2O10S2. The minimum absolute atomic E-state index is 0.00868. The fourth-order valence-corrected chi connectivity index (χ4v) is 13.9. The molecule has 0 bridgehead atoms. The zero-order valence-electron chi connectivity index (χ0n) is 41.6. The van der Waals surface area contributed by atoms with Gasteiger partial charge in [0.1, 0.15) is 11.5 Å². The highest BCUT2D eigenvalue weighted by atomic mass is 32.2. The number of carbonyl (C=O) groups is 2. The number of nitrogens with zero attached hydrogens (tertiary/aromatic N) is 2. The van der Waals surface area contributed by atoms with Crippen LogP contribution < -0.4 is 9.47 Å². The lowest BCUT2D eigenvalue weighted by Crippen LogP contribution is -2.39. The monoisotopic (exact) mass is 944 g/mol. The second kappa shape index (κ2) is 18.6. The fraction of sp³-hybridized carbons (Fsp3) is 0.500. The van der Waals surface area contributed by atoms with Gasteiger partial charge < -0.3 is 18.9 Å². The first-order chi connectivity index (χ1) is 30.5. The molecule has 4 atom stereocenters. The number of aryl methyl sites for hydroxylation is 6. The predicted octanol–water partition coefficient (Wildman–Crippen LogP) is 10.6. The van der Waals surface area contributed by atoms with E-state index in [0.717, 1.165) is 22.3 Å². The smallest absolute Gasteiger partial charge is 0.308 e. The highest BCUT2D eigenvalue weighted by Gasteiger charge is 2.48. The molecule has 4 aromatic rings. The standard InChI is InChI=1S/C52H68N2O10S2/c1-17-39-27-61-49(53(39)65(57,58)47-31(5)19-29(3)20-32(47)6)43-25-37(51(11,12)13)23-41(45(43)63-35(9)55)42-24-38(52(14,15)16)26-44(46(42)64-36(10)56)50-54(40(18-2)28-62-50)66(59,60)48-33(7)21-30(4)22-34(48)8/h19-26,39-40,49-50H,17-18,27-28H2,1-16H3/t39-,40-,49-,50-/m0/s1. The van der Waals surface area contributed by atoms with Crippen molar-refractivity contribution in [1.82, 2.24) is 8.61 Å². The Morgan fingerprint density at radius 1 is 0.561 bits per heavy atom. The molecule has 0 aromatic heterocycles. The van der Waals surface area contributed by atoms with E-state index in [1.165, 1.54) is 22.5 Å². The molecule has 14 heteroatoms. The molecule has 2 aliphatic rings. The van der Waals surface area contributed by atoms with Crippen LogP contribution in [-0.2, 0) is 49.9 Å². The summed E-state index contributed by atoms with van der Waals surface area (Å²) in [5, 5.41) is 0. The van der Waals surface area contributed by atoms with E-state index in [9.17, 15) is 9.59 Å². The van der Waals surface area contributed by atoms with Crippen molar-refractivity contribution >= 4 is 32.0 Å². The SMILES string of the molecule is CC[C@H]1CO[C@@H](c2cc(C(C)(C)C)cc(-c3cc(C(C)(C)C)cc([C@@H]4OC[C@H](CC)N4S(=O)(=O)c4c(C)cc(C)cc4C)c3OC(C)=O)c2OC(C)=O)N1S(=O)(=O)c1c(C)cc(C)cc1C. The maximum atomic E-state index is 15.2. The van der Waals surface area contributed by atoms with E-state index in [1.807, 2.05) is 118 Å². The Kier molecular flexibility index (Phi) is 14.3. The number of carbonyl (C=O) groups excluding carboxylic acids is 2. The molecule has 2 saturated heterocycles. The lowest BCUT2D eigenvalue weighted by Gasteiger charge is -2.33. The van der Waals surface area contributed by atoms with Gasteiger partial charge in [0.05, 0.1) is 35.1 Å². The first kappa shape index (κ1) is 51.0. The van der Waals surface area contributed by atoms with Crippen molar-refractivity contribution in [2.75, 3.05) is 13.2 Å². The Hall–Kier alpha value is -4.44. The van der Waals surface area contributed by atoms with Crippen molar-refractivity contribution in [2.24, 2.45) is 0 Å². The maximum Gasteiger partial charge on any atom is 0.308 e. The summed E-state index contributed by atoms with van der Waals surface area (Å²) in [4.78, 5) is 27.2. The van der Waals surface area contributed by atoms with Crippen molar-refractivity contribution in [1.29, 1.82) is 0 Å². The van der Waals surface area contributed by atoms with E-state index in [0.29, 0.717) is 46.2 Å². The third-order valence-electron chi connectivity index (χ3n) is 12.6. The Morgan fingerprint density at radius 2 is 0.864 bits per heavy atom. The third-order valence-corrected chi connectivity index (χ3v) is 17.0. The predicted molar refractivity (Wildman–Crippen MR) is 257 cm³/mol. The van der Waals surface area contributed by atoms with Crippen LogP contribution in [0.25, 0.3) is 11.1 Å². The average molecular weight is 945 g/mol. The van der Waals surface area contributed by atoms with Crippen molar-refractivity contribution in [3.8, 4) is 22.6 Å². The Balaban J connectivity index is 1.73. The Labute approximate surface area is 393 Å². The average Bonchev–Trinajstić information content (AvgIpc) is 3.82. The molecule has 0 aliphatic carbocycles. The third kappa shape index (κ3) is 9.64. The van der Waals surface area contributed by atoms with Gasteiger partial charge in [-0.3, -0.25) is 9.59 Å². The molecule has 0 spiro atoms. The molecule has 358 valence electrons. The van der Waals surface area contributed by atoms with Gasteiger partial charge in [-0.05, 0) is 123 Å². The highest BCUT2D eigenvalue weighted by molar-refractivity contribution is 7.89. The molecule has 0 amide bonds. The van der Waals surface area contributed by atoms with Crippen LogP contribution in [0.15, 0.2) is 58.3 Å². The van der Waals surface area contributed by atoms with Crippen LogP contribution in [0.2, 0.25) is 0 Å². The summed E-state index contributed by atoms with van der Waals surface area (Å²) >= 11 is 0. The number of benzene rings is 4. The summed E-state index contributed by atoms with van der Waals surface area (Å²) in [6.45, 7) is 29.5. The second-order valence-electron chi connectivity index (χ2n) is 20.2. The highest BCUT2D eigenvalue weighted by Crippen LogP contribution is 2.52. The largest absolute Gasteiger partial charge is 0.426 e. The Bertz CT molecular complexity index is 2560. The van der Waals surface area contributed by atoms with Crippen LogP contribution in [0, 0.1) is 41.5 Å². The Morgan fingerprint density at radius 3 is 1.12 bits per heavy atom. The van der Waals surface area contributed by atoms with Crippen molar-refractivity contribution in [3.63, 3.8) is 0 Å². The van der Waals surface area contributed by atoms with Gasteiger partial charge in [0.25, 0.3) is 0 Å². The van der Waals surface area contributed by atoms with Crippen LogP contribution in [0.4, 0.5) is 0 Å². The number of rotatable bonds is 11. The van der Waals surface area contributed by atoms with Gasteiger partial charge >= 0.3 is 11.9 Å². The van der Waals surface area contributed by atoms with E-state index >= 15 is 16.8 Å². The number of hydrogen-bond acceptors (Lipinski definition) is 10. The molecule has 2 heterocycles. The molecule has 66 heavy (non-hydrogen) atoms. The van der Waals surface area contributed by atoms with E-state index in [4.69, 9.17) is 18.9 Å². The molecular weight excluding hydrogens is 877 g/mol. The summed E-state index contributed by atoms with van der Waals surface area (Å²) in [7, 11) is -8.51. The summed E-state index contributed by atoms with van der Waals surface area (Å²) in [5.74, 6) is -1.35. The van der Waals surface area contributed by atoms with Crippen molar-refractivity contribution in [2.45, 2.75) is 169 Å². The van der Waals surface area contributed by atoms with Crippen LogP contribution in [0.3, 0.4) is 0 Å². The summed E-state index contributed by atoms with van der Waals surface area (Å²) in [6, 6.07) is 13.6. The number of esters is 2. The van der Waals surface area contributed by atoms with Gasteiger partial charge in [-0.1, -0.05) is 90.8 Å². The van der Waals surface area contributed by atoms with Gasteiger partial charge in [-0.15, -0.1) is 0 Å². The summed E-state index contributed by atoms with van der Waals surface area (Å²) < 4.78 is 89.1. The molecule has 6 rings (SSSR count). The maximum absolute atomic E-state index is 15.2. The van der Waals surface area contributed by atoms with E-state index < -0.39 is 67.4 Å². The first-order valence-corrected chi connectivity index (χ1v) is 25.6. The zero-order valence-corrected chi connectivity index (χ0v) is 43.2. The van der Waals surface area contributed by atoms with E-state index in [1.54, 1.807) is 27.7 Å². The first-order valence-electron chi connectivity index (χ1n) is 22.7. The quantitative estimate of drug-likeness (QED) is 0.105. The van der Waals surface area contributed by atoms with E-state index in [-0.39, 0.29) is 45.6 Å². The molecule has 12 nitrogen and oxygen atoms in total. The summed E-state index contributed by atoms with van der Waals surface area (Å²) in [6.07, 6.45) is -1.63. The topological polar surface area (TPSA) is 146 Å². The zero-order chi connectivity index (χ0) is 49.2. The molecule has 4 aromatic carbocycles. The molecule has 2 aliphatic heterocycles. The molecule has 0 saturated carbocycles. The van der Waals surface area contributed by atoms with Gasteiger partial charge in [0, 0.05) is 36.1 Å². The van der Waals surface area contributed by atoms with Crippen LogP contribution >= 0.6 is 0 Å². The molecule has 2 fully saturated rings. The van der Waals surface area contributed by atoms with Gasteiger partial charge in [-0.2, -0.15) is 8.61 Å². The number of ether oxygens (including phenoxy) is 4. The van der Waals surface area contributed by atoms with Gasteiger partial charge in [0.2, 0.25) is 20.0 Å². The van der Waals surface area contributed by atoms with Crippen LogP contribution in [-0.4, -0.2) is 62.7 Å². The summed E-state index contributed by atoms with van der Waals surface area (Å²) in [5.41, 5.74) is 5.76. The molecule has 0 N–H and O–H groups in total. The molecule has 0 radical (unpaired) electrons. The van der Waals surface area contributed by atoms with Crippen LogP contribution in [0.1, 0.15) is 150 Å².